The molecule has 1 aromatic rings. The Kier molecular flexibility index (Phi) is 5.98. The first-order valence-corrected chi connectivity index (χ1v) is 7.54. The van der Waals surface area contributed by atoms with E-state index in [0.29, 0.717) is 6.04 Å². The molecule has 0 radical (unpaired) electrons. The molecule has 1 N–H and O–H groups in total. The van der Waals surface area contributed by atoms with Crippen LogP contribution in [-0.4, -0.2) is 48.0 Å². The van der Waals surface area contributed by atoms with Crippen molar-refractivity contribution in [3.8, 4) is 0 Å². The predicted octanol–water partition coefficient (Wildman–Crippen LogP) is 2.09. The second-order valence-corrected chi connectivity index (χ2v) is 5.17. The third-order valence-corrected chi connectivity index (χ3v) is 3.73. The third-order valence-electron chi connectivity index (χ3n) is 3.73. The fraction of sp³-hybridized carbons (Fsp3) is 0.786. The fourth-order valence-corrected chi connectivity index (χ4v) is 2.62. The van der Waals surface area contributed by atoms with E-state index < -0.39 is 0 Å². The minimum Gasteiger partial charge on any atom is -0.385 e. The van der Waals surface area contributed by atoms with Crippen LogP contribution in [0, 0.1) is 0 Å². The van der Waals surface area contributed by atoms with Crippen molar-refractivity contribution in [1.29, 1.82) is 0 Å². The largest absolute Gasteiger partial charge is 0.385 e. The predicted molar refractivity (Wildman–Crippen MR) is 80.1 cm³/mol. The van der Waals surface area contributed by atoms with Gasteiger partial charge in [-0.2, -0.15) is 10.1 Å². The quantitative estimate of drug-likeness (QED) is 0.771. The number of ether oxygens (including phenoxy) is 1. The van der Waals surface area contributed by atoms with E-state index in [1.807, 2.05) is 0 Å². The molecule has 1 fully saturated rings. The lowest BCUT2D eigenvalue weighted by Crippen LogP contribution is -2.40. The Morgan fingerprint density at radius 2 is 2.35 bits per heavy atom. The first-order chi connectivity index (χ1) is 9.85. The summed E-state index contributed by atoms with van der Waals surface area (Å²) in [5.41, 5.74) is 0. The standard InChI is InChI=1S/C14H25N5O/c1-3-12-7-4-5-9-19(12)14-17-13(11-16-18-14)15-8-6-10-20-2/h11-12H,3-10H2,1-2H3,(H,15,17,18). The Balaban J connectivity index is 1.97. The molecule has 0 aromatic carbocycles. The summed E-state index contributed by atoms with van der Waals surface area (Å²) in [6.07, 6.45) is 7.52. The van der Waals surface area contributed by atoms with Crippen LogP contribution in [0.2, 0.25) is 0 Å². The number of methoxy groups -OCH3 is 1. The average Bonchev–Trinajstić information content (AvgIpc) is 2.52. The van der Waals surface area contributed by atoms with E-state index in [9.17, 15) is 0 Å². The van der Waals surface area contributed by atoms with Gasteiger partial charge in [0.25, 0.3) is 0 Å². The summed E-state index contributed by atoms with van der Waals surface area (Å²) >= 11 is 0. The van der Waals surface area contributed by atoms with Gasteiger partial charge in [0.05, 0.1) is 6.20 Å². The molecule has 1 aromatic heterocycles. The van der Waals surface area contributed by atoms with Crippen LogP contribution in [0.5, 0.6) is 0 Å². The van der Waals surface area contributed by atoms with E-state index in [1.165, 1.54) is 19.3 Å². The molecule has 0 saturated carbocycles. The van der Waals surface area contributed by atoms with E-state index in [0.717, 1.165) is 44.3 Å². The number of hydrogen-bond acceptors (Lipinski definition) is 6. The van der Waals surface area contributed by atoms with Crippen molar-refractivity contribution in [1.82, 2.24) is 15.2 Å². The maximum absolute atomic E-state index is 5.03. The first kappa shape index (κ1) is 15.0. The summed E-state index contributed by atoms with van der Waals surface area (Å²) in [6.45, 7) is 4.85. The fourth-order valence-electron chi connectivity index (χ4n) is 2.62. The molecule has 6 heteroatoms. The van der Waals surface area contributed by atoms with Crippen LogP contribution >= 0.6 is 0 Å². The summed E-state index contributed by atoms with van der Waals surface area (Å²) in [5.74, 6) is 1.56. The van der Waals surface area contributed by atoms with Crippen molar-refractivity contribution in [3.63, 3.8) is 0 Å². The number of anilines is 2. The van der Waals surface area contributed by atoms with E-state index >= 15 is 0 Å². The molecule has 0 spiro atoms. The maximum Gasteiger partial charge on any atom is 0.247 e. The van der Waals surface area contributed by atoms with Crippen LogP contribution in [0.4, 0.5) is 11.8 Å². The molecule has 0 aliphatic carbocycles. The first-order valence-electron chi connectivity index (χ1n) is 7.54. The van der Waals surface area contributed by atoms with Gasteiger partial charge in [0, 0.05) is 32.8 Å². The molecule has 6 nitrogen and oxygen atoms in total. The second kappa shape index (κ2) is 7.99. The van der Waals surface area contributed by atoms with Crippen LogP contribution in [0.15, 0.2) is 6.20 Å². The minimum atomic E-state index is 0.550. The van der Waals surface area contributed by atoms with Crippen molar-refractivity contribution >= 4 is 11.8 Å². The Morgan fingerprint density at radius 3 is 3.15 bits per heavy atom. The van der Waals surface area contributed by atoms with E-state index in [4.69, 9.17) is 4.74 Å². The number of rotatable bonds is 7. The van der Waals surface area contributed by atoms with Gasteiger partial charge in [0.1, 0.15) is 0 Å². The second-order valence-electron chi connectivity index (χ2n) is 5.17. The third kappa shape index (κ3) is 4.03. The zero-order valence-corrected chi connectivity index (χ0v) is 12.5. The van der Waals surface area contributed by atoms with Crippen molar-refractivity contribution in [2.75, 3.05) is 37.0 Å². The topological polar surface area (TPSA) is 63.2 Å². The number of aromatic nitrogens is 3. The normalized spacial score (nSPS) is 19.1. The van der Waals surface area contributed by atoms with Crippen LogP contribution in [0.1, 0.15) is 39.0 Å². The van der Waals surface area contributed by atoms with Crippen LogP contribution in [0.3, 0.4) is 0 Å². The van der Waals surface area contributed by atoms with Gasteiger partial charge in [-0.05, 0) is 32.1 Å². The molecule has 20 heavy (non-hydrogen) atoms. The SMILES string of the molecule is CCC1CCCCN1c1nncc(NCCCOC)n1. The number of nitrogens with zero attached hydrogens (tertiary/aromatic N) is 4. The summed E-state index contributed by atoms with van der Waals surface area (Å²) in [6, 6.07) is 0.550. The summed E-state index contributed by atoms with van der Waals surface area (Å²) in [4.78, 5) is 6.90. The molecule has 2 heterocycles. The van der Waals surface area contributed by atoms with Crippen molar-refractivity contribution < 1.29 is 4.74 Å². The Morgan fingerprint density at radius 1 is 1.45 bits per heavy atom. The molecular formula is C14H25N5O. The van der Waals surface area contributed by atoms with Crippen LogP contribution < -0.4 is 10.2 Å². The summed E-state index contributed by atoms with van der Waals surface area (Å²) < 4.78 is 5.03. The zero-order valence-electron chi connectivity index (χ0n) is 12.5. The molecule has 112 valence electrons. The Bertz CT molecular complexity index is 401. The highest BCUT2D eigenvalue weighted by Crippen LogP contribution is 2.23. The molecule has 2 rings (SSSR count). The van der Waals surface area contributed by atoms with Crippen molar-refractivity contribution in [3.05, 3.63) is 6.20 Å². The van der Waals surface area contributed by atoms with Gasteiger partial charge in [-0.3, -0.25) is 0 Å². The molecule has 0 bridgehead atoms. The lowest BCUT2D eigenvalue weighted by atomic mass is 10.0. The van der Waals surface area contributed by atoms with Gasteiger partial charge >= 0.3 is 0 Å². The highest BCUT2D eigenvalue weighted by Gasteiger charge is 2.23. The molecule has 1 saturated heterocycles. The Labute approximate surface area is 120 Å². The monoisotopic (exact) mass is 279 g/mol. The van der Waals surface area contributed by atoms with Crippen LogP contribution in [-0.2, 0) is 4.74 Å². The zero-order chi connectivity index (χ0) is 14.2. The van der Waals surface area contributed by atoms with Gasteiger partial charge in [-0.15, -0.1) is 5.10 Å². The maximum atomic E-state index is 5.03. The number of hydrogen-bond donors (Lipinski definition) is 1. The van der Waals surface area contributed by atoms with Crippen molar-refractivity contribution in [2.45, 2.75) is 45.1 Å². The van der Waals surface area contributed by atoms with Gasteiger partial charge in [0.2, 0.25) is 5.95 Å². The molecular weight excluding hydrogens is 254 g/mol. The minimum absolute atomic E-state index is 0.550. The number of piperidine rings is 1. The van der Waals surface area contributed by atoms with Gasteiger partial charge in [-0.1, -0.05) is 6.92 Å². The van der Waals surface area contributed by atoms with Gasteiger partial charge < -0.3 is 15.0 Å². The molecule has 1 aliphatic rings. The van der Waals surface area contributed by atoms with E-state index in [1.54, 1.807) is 13.3 Å². The van der Waals surface area contributed by atoms with Crippen LogP contribution in [0.25, 0.3) is 0 Å². The molecule has 1 unspecified atom stereocenters. The average molecular weight is 279 g/mol. The Hall–Kier alpha value is -1.43. The molecule has 0 amide bonds. The lowest BCUT2D eigenvalue weighted by molar-refractivity contribution is 0.197. The van der Waals surface area contributed by atoms with Gasteiger partial charge in [-0.25, -0.2) is 0 Å². The summed E-state index contributed by atoms with van der Waals surface area (Å²) in [7, 11) is 1.71. The van der Waals surface area contributed by atoms with Gasteiger partial charge in [0.15, 0.2) is 5.82 Å². The smallest absolute Gasteiger partial charge is 0.247 e. The molecule has 1 aliphatic heterocycles. The summed E-state index contributed by atoms with van der Waals surface area (Å²) in [5, 5.41) is 11.6. The highest BCUT2D eigenvalue weighted by molar-refractivity contribution is 5.40. The molecule has 1 atom stereocenters. The number of nitrogens with one attached hydrogen (secondary N) is 1. The lowest BCUT2D eigenvalue weighted by Gasteiger charge is -2.34. The van der Waals surface area contributed by atoms with Crippen molar-refractivity contribution in [2.24, 2.45) is 0 Å². The highest BCUT2D eigenvalue weighted by atomic mass is 16.5. The van der Waals surface area contributed by atoms with E-state index in [2.05, 4.69) is 32.3 Å². The van der Waals surface area contributed by atoms with E-state index in [-0.39, 0.29) is 0 Å².